The molecule has 3 rings (SSSR count). The summed E-state index contributed by atoms with van der Waals surface area (Å²) in [5.74, 6) is 0.866. The van der Waals surface area contributed by atoms with E-state index in [-0.39, 0.29) is 5.91 Å². The van der Waals surface area contributed by atoms with Gasteiger partial charge in [-0.25, -0.2) is 9.97 Å². The molecule has 0 bridgehead atoms. The molecule has 0 atom stereocenters. The predicted octanol–water partition coefficient (Wildman–Crippen LogP) is 2.35. The first-order valence-electron chi connectivity index (χ1n) is 6.97. The molecule has 2 aromatic rings. The molecule has 1 saturated carbocycles. The van der Waals surface area contributed by atoms with Gasteiger partial charge in [-0.1, -0.05) is 18.2 Å². The van der Waals surface area contributed by atoms with E-state index in [1.165, 1.54) is 0 Å². The maximum absolute atomic E-state index is 11.7. The van der Waals surface area contributed by atoms with E-state index < -0.39 is 0 Å². The number of aryl methyl sites for hydroxylation is 1. The van der Waals surface area contributed by atoms with Gasteiger partial charge in [0.25, 0.3) is 0 Å². The third kappa shape index (κ3) is 3.41. The van der Waals surface area contributed by atoms with Gasteiger partial charge in [0.15, 0.2) is 5.82 Å². The molecule has 1 N–H and O–H groups in total. The highest BCUT2D eigenvalue weighted by Crippen LogP contribution is 2.19. The Hall–Kier alpha value is -2.23. The maximum atomic E-state index is 11.7. The molecular weight excluding hydrogens is 250 g/mol. The third-order valence-electron chi connectivity index (χ3n) is 3.33. The van der Waals surface area contributed by atoms with E-state index in [0.717, 1.165) is 36.2 Å². The summed E-state index contributed by atoms with van der Waals surface area (Å²) in [4.78, 5) is 20.2. The molecule has 0 aliphatic heterocycles. The van der Waals surface area contributed by atoms with Crippen LogP contribution in [0.15, 0.2) is 42.7 Å². The van der Waals surface area contributed by atoms with Crippen LogP contribution in [-0.4, -0.2) is 21.9 Å². The summed E-state index contributed by atoms with van der Waals surface area (Å²) in [5.41, 5.74) is 2.13. The molecule has 0 spiro atoms. The molecule has 0 radical (unpaired) electrons. The van der Waals surface area contributed by atoms with Crippen LogP contribution in [0.5, 0.6) is 0 Å². The molecule has 20 heavy (non-hydrogen) atoms. The number of hydrogen-bond acceptors (Lipinski definition) is 3. The standard InChI is InChI=1S/C16H17N3O/c20-15(19-14-6-7-14)8-5-12-3-1-4-13(11-12)16-17-9-2-10-18-16/h1-4,9-11,14H,5-8H2,(H,19,20). The lowest BCUT2D eigenvalue weighted by atomic mass is 10.1. The van der Waals surface area contributed by atoms with Crippen LogP contribution in [0.25, 0.3) is 11.4 Å². The van der Waals surface area contributed by atoms with Gasteiger partial charge in [0.1, 0.15) is 0 Å². The number of rotatable bonds is 5. The Morgan fingerprint density at radius 2 is 2.00 bits per heavy atom. The number of nitrogens with one attached hydrogen (secondary N) is 1. The monoisotopic (exact) mass is 267 g/mol. The van der Waals surface area contributed by atoms with Gasteiger partial charge in [0, 0.05) is 30.4 Å². The van der Waals surface area contributed by atoms with E-state index in [2.05, 4.69) is 21.4 Å². The minimum absolute atomic E-state index is 0.147. The van der Waals surface area contributed by atoms with Crippen LogP contribution >= 0.6 is 0 Å². The summed E-state index contributed by atoms with van der Waals surface area (Å²) in [5, 5.41) is 3.01. The first kappa shape index (κ1) is 12.8. The summed E-state index contributed by atoms with van der Waals surface area (Å²) in [6, 6.07) is 10.3. The Morgan fingerprint density at radius 1 is 1.20 bits per heavy atom. The van der Waals surface area contributed by atoms with Crippen molar-refractivity contribution in [2.75, 3.05) is 0 Å². The van der Waals surface area contributed by atoms with Crippen LogP contribution in [0.3, 0.4) is 0 Å². The third-order valence-corrected chi connectivity index (χ3v) is 3.33. The Morgan fingerprint density at radius 3 is 2.75 bits per heavy atom. The van der Waals surface area contributed by atoms with Crippen LogP contribution in [0.4, 0.5) is 0 Å². The molecule has 1 aromatic heterocycles. The molecule has 102 valence electrons. The Labute approximate surface area is 118 Å². The van der Waals surface area contributed by atoms with Gasteiger partial charge in [-0.05, 0) is 37.0 Å². The second-order valence-electron chi connectivity index (χ2n) is 5.11. The minimum atomic E-state index is 0.147. The van der Waals surface area contributed by atoms with Crippen molar-refractivity contribution >= 4 is 5.91 Å². The molecule has 4 nitrogen and oxygen atoms in total. The van der Waals surface area contributed by atoms with Crippen LogP contribution < -0.4 is 5.32 Å². The second-order valence-corrected chi connectivity index (χ2v) is 5.11. The Balaban J connectivity index is 1.63. The fraction of sp³-hybridized carbons (Fsp3) is 0.312. The lowest BCUT2D eigenvalue weighted by molar-refractivity contribution is -0.121. The Bertz CT molecular complexity index is 594. The average molecular weight is 267 g/mol. The highest BCUT2D eigenvalue weighted by molar-refractivity contribution is 5.76. The van der Waals surface area contributed by atoms with Gasteiger partial charge in [0.05, 0.1) is 0 Å². The van der Waals surface area contributed by atoms with Crippen molar-refractivity contribution in [2.45, 2.75) is 31.7 Å². The van der Waals surface area contributed by atoms with Crippen molar-refractivity contribution in [3.63, 3.8) is 0 Å². The molecule has 1 aromatic carbocycles. The molecule has 1 fully saturated rings. The molecule has 1 aliphatic carbocycles. The van der Waals surface area contributed by atoms with Gasteiger partial charge in [-0.2, -0.15) is 0 Å². The Kier molecular flexibility index (Phi) is 3.72. The van der Waals surface area contributed by atoms with Gasteiger partial charge in [-0.15, -0.1) is 0 Å². The van der Waals surface area contributed by atoms with Gasteiger partial charge in [0.2, 0.25) is 5.91 Å². The van der Waals surface area contributed by atoms with Crippen LogP contribution in [0.1, 0.15) is 24.8 Å². The number of carbonyl (C=O) groups excluding carboxylic acids is 1. The van der Waals surface area contributed by atoms with E-state index in [1.54, 1.807) is 18.5 Å². The fourth-order valence-corrected chi connectivity index (χ4v) is 2.10. The maximum Gasteiger partial charge on any atom is 0.220 e. The normalized spacial score (nSPS) is 14.0. The molecule has 1 amide bonds. The zero-order chi connectivity index (χ0) is 13.8. The highest BCUT2D eigenvalue weighted by atomic mass is 16.1. The van der Waals surface area contributed by atoms with Crippen LogP contribution in [-0.2, 0) is 11.2 Å². The average Bonchev–Trinajstić information content (AvgIpc) is 3.30. The quantitative estimate of drug-likeness (QED) is 0.904. The van der Waals surface area contributed by atoms with E-state index in [9.17, 15) is 4.79 Å². The zero-order valence-corrected chi connectivity index (χ0v) is 11.2. The van der Waals surface area contributed by atoms with E-state index in [0.29, 0.717) is 12.5 Å². The smallest absolute Gasteiger partial charge is 0.220 e. The molecule has 0 unspecified atom stereocenters. The fourth-order valence-electron chi connectivity index (χ4n) is 2.10. The summed E-state index contributed by atoms with van der Waals surface area (Å²) in [7, 11) is 0. The van der Waals surface area contributed by atoms with E-state index in [1.807, 2.05) is 18.2 Å². The number of benzene rings is 1. The van der Waals surface area contributed by atoms with Crippen LogP contribution in [0, 0.1) is 0 Å². The minimum Gasteiger partial charge on any atom is -0.353 e. The summed E-state index contributed by atoms with van der Waals surface area (Å²) < 4.78 is 0. The number of nitrogens with zero attached hydrogens (tertiary/aromatic N) is 2. The second kappa shape index (κ2) is 5.82. The van der Waals surface area contributed by atoms with Gasteiger partial charge < -0.3 is 5.32 Å². The SMILES string of the molecule is O=C(CCc1cccc(-c2ncccn2)c1)NC1CC1. The zero-order valence-electron chi connectivity index (χ0n) is 11.2. The first-order chi connectivity index (χ1) is 9.81. The number of carbonyl (C=O) groups is 1. The number of amides is 1. The summed E-state index contributed by atoms with van der Waals surface area (Å²) in [6.07, 6.45) is 7.02. The van der Waals surface area contributed by atoms with Crippen molar-refractivity contribution in [3.05, 3.63) is 48.3 Å². The van der Waals surface area contributed by atoms with Gasteiger partial charge >= 0.3 is 0 Å². The molecule has 1 heterocycles. The van der Waals surface area contributed by atoms with Crippen molar-refractivity contribution < 1.29 is 4.79 Å². The van der Waals surface area contributed by atoms with Crippen LogP contribution in [0.2, 0.25) is 0 Å². The number of aromatic nitrogens is 2. The molecule has 4 heteroatoms. The lowest BCUT2D eigenvalue weighted by Gasteiger charge is -2.05. The molecule has 0 saturated heterocycles. The van der Waals surface area contributed by atoms with Crippen molar-refractivity contribution in [2.24, 2.45) is 0 Å². The van der Waals surface area contributed by atoms with E-state index in [4.69, 9.17) is 0 Å². The van der Waals surface area contributed by atoms with Crippen molar-refractivity contribution in [1.82, 2.24) is 15.3 Å². The highest BCUT2D eigenvalue weighted by Gasteiger charge is 2.22. The van der Waals surface area contributed by atoms with Crippen molar-refractivity contribution in [3.8, 4) is 11.4 Å². The summed E-state index contributed by atoms with van der Waals surface area (Å²) >= 11 is 0. The summed E-state index contributed by atoms with van der Waals surface area (Å²) in [6.45, 7) is 0. The topological polar surface area (TPSA) is 54.9 Å². The number of hydrogen-bond donors (Lipinski definition) is 1. The first-order valence-corrected chi connectivity index (χ1v) is 6.97. The largest absolute Gasteiger partial charge is 0.353 e. The van der Waals surface area contributed by atoms with E-state index >= 15 is 0 Å². The molecular formula is C16H17N3O. The lowest BCUT2D eigenvalue weighted by Crippen LogP contribution is -2.25. The van der Waals surface area contributed by atoms with Crippen molar-refractivity contribution in [1.29, 1.82) is 0 Å². The predicted molar refractivity (Wildman–Crippen MR) is 77.0 cm³/mol. The van der Waals surface area contributed by atoms with Gasteiger partial charge in [-0.3, -0.25) is 4.79 Å². The molecule has 1 aliphatic rings.